The Kier molecular flexibility index (Phi) is 1.64. The standard InChI is InChI=1S/C6H4F3NO/c7-2-1-3(11)6(10)5(9)4(2)8/h1,11H,10H2. The SMILES string of the molecule is Nc1c(O)cc(F)c(F)c1F. The fraction of sp³-hybridized carbons (Fsp3) is 0. The van der Waals surface area contributed by atoms with Gasteiger partial charge in [-0.25, -0.2) is 13.2 Å². The molecule has 0 radical (unpaired) electrons. The second kappa shape index (κ2) is 2.34. The van der Waals surface area contributed by atoms with E-state index in [-0.39, 0.29) is 0 Å². The summed E-state index contributed by atoms with van der Waals surface area (Å²) in [5, 5.41) is 8.63. The molecule has 11 heavy (non-hydrogen) atoms. The van der Waals surface area contributed by atoms with E-state index >= 15 is 0 Å². The van der Waals surface area contributed by atoms with Gasteiger partial charge in [0.2, 0.25) is 0 Å². The number of aromatic hydroxyl groups is 1. The summed E-state index contributed by atoms with van der Waals surface area (Å²) in [6.07, 6.45) is 0. The third-order valence-electron chi connectivity index (χ3n) is 1.18. The van der Waals surface area contributed by atoms with E-state index in [1.807, 2.05) is 0 Å². The lowest BCUT2D eigenvalue weighted by Gasteiger charge is -2.00. The second-order valence-electron chi connectivity index (χ2n) is 1.92. The average molecular weight is 163 g/mol. The molecule has 2 nitrogen and oxygen atoms in total. The Labute approximate surface area is 60.1 Å². The zero-order valence-electron chi connectivity index (χ0n) is 5.24. The predicted molar refractivity (Wildman–Crippen MR) is 32.4 cm³/mol. The minimum absolute atomic E-state index is 0.410. The molecule has 0 aliphatic heterocycles. The molecule has 0 saturated heterocycles. The van der Waals surface area contributed by atoms with Crippen molar-refractivity contribution in [1.29, 1.82) is 0 Å². The molecule has 0 saturated carbocycles. The van der Waals surface area contributed by atoms with Crippen LogP contribution in [0.25, 0.3) is 0 Å². The molecule has 0 unspecified atom stereocenters. The first kappa shape index (κ1) is 7.71. The van der Waals surface area contributed by atoms with Crippen LogP contribution in [0.4, 0.5) is 18.9 Å². The highest BCUT2D eigenvalue weighted by Crippen LogP contribution is 2.26. The molecule has 5 heteroatoms. The zero-order chi connectivity index (χ0) is 8.59. The van der Waals surface area contributed by atoms with E-state index < -0.39 is 28.9 Å². The summed E-state index contributed by atoms with van der Waals surface area (Å²) in [6, 6.07) is 0.410. The van der Waals surface area contributed by atoms with E-state index in [2.05, 4.69) is 0 Å². The Bertz CT molecular complexity index is 274. The van der Waals surface area contributed by atoms with Gasteiger partial charge < -0.3 is 10.8 Å². The van der Waals surface area contributed by atoms with Crippen LogP contribution in [0.15, 0.2) is 6.07 Å². The molecule has 60 valence electrons. The molecule has 0 heterocycles. The molecular formula is C6H4F3NO. The summed E-state index contributed by atoms with van der Waals surface area (Å²) in [5.74, 6) is -5.52. The Morgan fingerprint density at radius 3 is 2.27 bits per heavy atom. The third-order valence-corrected chi connectivity index (χ3v) is 1.18. The summed E-state index contributed by atoms with van der Waals surface area (Å²) in [7, 11) is 0. The fourth-order valence-corrected chi connectivity index (χ4v) is 0.597. The number of nitrogen functional groups attached to an aromatic ring is 1. The minimum atomic E-state index is -1.68. The number of hydrogen-bond donors (Lipinski definition) is 2. The Morgan fingerprint density at radius 1 is 1.18 bits per heavy atom. The van der Waals surface area contributed by atoms with E-state index in [4.69, 9.17) is 10.8 Å². The molecule has 1 aromatic carbocycles. The molecule has 3 N–H and O–H groups in total. The van der Waals surface area contributed by atoms with E-state index in [0.29, 0.717) is 6.07 Å². The quantitative estimate of drug-likeness (QED) is 0.345. The van der Waals surface area contributed by atoms with E-state index in [9.17, 15) is 13.2 Å². The zero-order valence-corrected chi connectivity index (χ0v) is 5.24. The summed E-state index contributed by atoms with van der Waals surface area (Å²) >= 11 is 0. The molecule has 0 aliphatic rings. The molecule has 0 fully saturated rings. The number of phenols is 1. The van der Waals surface area contributed by atoms with Crippen molar-refractivity contribution >= 4 is 5.69 Å². The normalized spacial score (nSPS) is 10.1. The van der Waals surface area contributed by atoms with Crippen LogP contribution in [0.1, 0.15) is 0 Å². The molecule has 1 aromatic rings. The van der Waals surface area contributed by atoms with Gasteiger partial charge in [-0.05, 0) is 0 Å². The fourth-order valence-electron chi connectivity index (χ4n) is 0.597. The van der Waals surface area contributed by atoms with Crippen LogP contribution >= 0.6 is 0 Å². The first-order chi connectivity index (χ1) is 5.04. The first-order valence-corrected chi connectivity index (χ1v) is 2.66. The highest BCUT2D eigenvalue weighted by molar-refractivity contribution is 5.52. The van der Waals surface area contributed by atoms with Gasteiger partial charge in [0.15, 0.2) is 17.5 Å². The van der Waals surface area contributed by atoms with Crippen LogP contribution in [0.2, 0.25) is 0 Å². The number of nitrogens with two attached hydrogens (primary N) is 1. The minimum Gasteiger partial charge on any atom is -0.506 e. The molecule has 0 spiro atoms. The highest BCUT2D eigenvalue weighted by Gasteiger charge is 2.15. The average Bonchev–Trinajstić information content (AvgIpc) is 1.97. The lowest BCUT2D eigenvalue weighted by Crippen LogP contribution is -1.97. The molecular weight excluding hydrogens is 159 g/mol. The van der Waals surface area contributed by atoms with Gasteiger partial charge in [0, 0.05) is 6.07 Å². The largest absolute Gasteiger partial charge is 0.506 e. The van der Waals surface area contributed by atoms with E-state index in [1.54, 1.807) is 0 Å². The van der Waals surface area contributed by atoms with Crippen molar-refractivity contribution in [2.45, 2.75) is 0 Å². The number of halogens is 3. The molecule has 0 bridgehead atoms. The van der Waals surface area contributed by atoms with Crippen LogP contribution in [0.3, 0.4) is 0 Å². The van der Waals surface area contributed by atoms with Crippen LogP contribution in [-0.4, -0.2) is 5.11 Å². The molecule has 0 aliphatic carbocycles. The van der Waals surface area contributed by atoms with Crippen LogP contribution in [0.5, 0.6) is 5.75 Å². The number of hydrogen-bond acceptors (Lipinski definition) is 2. The topological polar surface area (TPSA) is 46.2 Å². The maximum Gasteiger partial charge on any atom is 0.196 e. The van der Waals surface area contributed by atoms with E-state index in [0.717, 1.165) is 0 Å². The molecule has 1 rings (SSSR count). The Hall–Kier alpha value is -1.39. The van der Waals surface area contributed by atoms with Gasteiger partial charge in [0.05, 0.1) is 0 Å². The first-order valence-electron chi connectivity index (χ1n) is 2.66. The van der Waals surface area contributed by atoms with Crippen molar-refractivity contribution in [2.75, 3.05) is 5.73 Å². The predicted octanol–water partition coefficient (Wildman–Crippen LogP) is 1.39. The second-order valence-corrected chi connectivity index (χ2v) is 1.92. The van der Waals surface area contributed by atoms with Crippen LogP contribution in [0, 0.1) is 17.5 Å². The van der Waals surface area contributed by atoms with Gasteiger partial charge in [-0.2, -0.15) is 0 Å². The van der Waals surface area contributed by atoms with Gasteiger partial charge >= 0.3 is 0 Å². The maximum atomic E-state index is 12.4. The van der Waals surface area contributed by atoms with Crippen molar-refractivity contribution in [3.05, 3.63) is 23.5 Å². The van der Waals surface area contributed by atoms with Gasteiger partial charge in [0.25, 0.3) is 0 Å². The van der Waals surface area contributed by atoms with E-state index in [1.165, 1.54) is 0 Å². The summed E-state index contributed by atoms with van der Waals surface area (Å²) < 4.78 is 36.8. The molecule has 0 aromatic heterocycles. The van der Waals surface area contributed by atoms with Gasteiger partial charge in [-0.1, -0.05) is 0 Å². The maximum absolute atomic E-state index is 12.4. The van der Waals surface area contributed by atoms with Crippen molar-refractivity contribution in [2.24, 2.45) is 0 Å². The smallest absolute Gasteiger partial charge is 0.196 e. The van der Waals surface area contributed by atoms with Crippen LogP contribution in [-0.2, 0) is 0 Å². The Morgan fingerprint density at radius 2 is 1.73 bits per heavy atom. The van der Waals surface area contributed by atoms with Crippen molar-refractivity contribution in [3.8, 4) is 5.75 Å². The van der Waals surface area contributed by atoms with Gasteiger partial charge in [-0.3, -0.25) is 0 Å². The summed E-state index contributed by atoms with van der Waals surface area (Å²) in [4.78, 5) is 0. The summed E-state index contributed by atoms with van der Waals surface area (Å²) in [5.41, 5.74) is 4.03. The highest BCUT2D eigenvalue weighted by atomic mass is 19.2. The number of benzene rings is 1. The number of rotatable bonds is 0. The molecule has 0 amide bonds. The van der Waals surface area contributed by atoms with Gasteiger partial charge in [-0.15, -0.1) is 0 Å². The monoisotopic (exact) mass is 163 g/mol. The summed E-state index contributed by atoms with van der Waals surface area (Å²) in [6.45, 7) is 0. The lowest BCUT2D eigenvalue weighted by atomic mass is 10.2. The van der Waals surface area contributed by atoms with Gasteiger partial charge in [0.1, 0.15) is 11.4 Å². The lowest BCUT2D eigenvalue weighted by molar-refractivity contribution is 0.423. The number of phenolic OH excluding ortho intramolecular Hbond substituents is 1. The van der Waals surface area contributed by atoms with Crippen molar-refractivity contribution in [1.82, 2.24) is 0 Å². The Balaban J connectivity index is 3.46. The van der Waals surface area contributed by atoms with Crippen molar-refractivity contribution in [3.63, 3.8) is 0 Å². The third kappa shape index (κ3) is 1.09. The molecule has 0 atom stereocenters. The number of anilines is 1. The van der Waals surface area contributed by atoms with Crippen molar-refractivity contribution < 1.29 is 18.3 Å². The van der Waals surface area contributed by atoms with Crippen LogP contribution < -0.4 is 5.73 Å².